The molecule has 3 aliphatic rings. The van der Waals surface area contributed by atoms with Gasteiger partial charge in [0.2, 0.25) is 5.79 Å². The fourth-order valence-corrected chi connectivity index (χ4v) is 4.14. The van der Waals surface area contributed by atoms with Gasteiger partial charge in [-0.25, -0.2) is 4.79 Å². The van der Waals surface area contributed by atoms with E-state index in [9.17, 15) is 4.79 Å². The Morgan fingerprint density at radius 2 is 1.77 bits per heavy atom. The molecule has 1 saturated carbocycles. The summed E-state index contributed by atoms with van der Waals surface area (Å²) in [6.07, 6.45) is 8.98. The summed E-state index contributed by atoms with van der Waals surface area (Å²) < 4.78 is 11.7. The van der Waals surface area contributed by atoms with Gasteiger partial charge in [0.25, 0.3) is 0 Å². The quantitative estimate of drug-likeness (QED) is 0.735. The standard InChI is InChI=1S/C19H22O3/c1-14-5-7-15(8-6-14)16-11-19(22-17(16)20)12-18(13-21-19)9-3-2-4-10-18/h5-8,11H,2-4,9-10,12-13H2,1H3. The zero-order valence-electron chi connectivity index (χ0n) is 13.1. The lowest BCUT2D eigenvalue weighted by Crippen LogP contribution is -2.30. The Labute approximate surface area is 131 Å². The van der Waals surface area contributed by atoms with Crippen molar-refractivity contribution >= 4 is 11.5 Å². The van der Waals surface area contributed by atoms with Gasteiger partial charge in [-0.2, -0.15) is 0 Å². The van der Waals surface area contributed by atoms with E-state index in [0.717, 1.165) is 18.6 Å². The van der Waals surface area contributed by atoms with Gasteiger partial charge >= 0.3 is 5.97 Å². The highest BCUT2D eigenvalue weighted by molar-refractivity contribution is 6.18. The van der Waals surface area contributed by atoms with Crippen LogP contribution in [0.15, 0.2) is 30.3 Å². The van der Waals surface area contributed by atoms with Crippen molar-refractivity contribution in [2.24, 2.45) is 5.41 Å². The fourth-order valence-electron chi connectivity index (χ4n) is 4.14. The van der Waals surface area contributed by atoms with Crippen LogP contribution in [0.4, 0.5) is 0 Å². The molecule has 0 aromatic heterocycles. The van der Waals surface area contributed by atoms with E-state index in [0.29, 0.717) is 5.57 Å². The lowest BCUT2D eigenvalue weighted by molar-refractivity contribution is -0.181. The van der Waals surface area contributed by atoms with E-state index in [4.69, 9.17) is 9.47 Å². The zero-order chi connectivity index (χ0) is 15.2. The highest BCUT2D eigenvalue weighted by Gasteiger charge is 2.54. The summed E-state index contributed by atoms with van der Waals surface area (Å²) in [7, 11) is 0. The third kappa shape index (κ3) is 2.28. The molecule has 1 aliphatic carbocycles. The molecule has 2 heterocycles. The molecule has 1 aromatic carbocycles. The van der Waals surface area contributed by atoms with E-state index >= 15 is 0 Å². The summed E-state index contributed by atoms with van der Waals surface area (Å²) >= 11 is 0. The first kappa shape index (κ1) is 14.0. The fraction of sp³-hybridized carbons (Fsp3) is 0.526. The number of carbonyl (C=O) groups is 1. The second-order valence-corrected chi connectivity index (χ2v) is 7.15. The Hall–Kier alpha value is -1.61. The summed E-state index contributed by atoms with van der Waals surface area (Å²) in [5, 5.41) is 0. The lowest BCUT2D eigenvalue weighted by Gasteiger charge is -2.32. The van der Waals surface area contributed by atoms with Crippen LogP contribution >= 0.6 is 0 Å². The van der Waals surface area contributed by atoms with Gasteiger partial charge in [-0.3, -0.25) is 0 Å². The normalized spacial score (nSPS) is 29.9. The number of esters is 1. The van der Waals surface area contributed by atoms with Gasteiger partial charge in [-0.15, -0.1) is 0 Å². The Morgan fingerprint density at radius 3 is 2.50 bits per heavy atom. The number of hydrogen-bond donors (Lipinski definition) is 0. The first-order valence-electron chi connectivity index (χ1n) is 8.27. The van der Waals surface area contributed by atoms with Crippen LogP contribution in [0.25, 0.3) is 5.57 Å². The average Bonchev–Trinajstić information content (AvgIpc) is 3.01. The van der Waals surface area contributed by atoms with Crippen molar-refractivity contribution in [3.8, 4) is 0 Å². The molecule has 2 spiro atoms. The van der Waals surface area contributed by atoms with Gasteiger partial charge < -0.3 is 9.47 Å². The van der Waals surface area contributed by atoms with E-state index in [1.165, 1.54) is 37.7 Å². The molecule has 4 rings (SSSR count). The molecule has 1 atom stereocenters. The van der Waals surface area contributed by atoms with Crippen molar-refractivity contribution < 1.29 is 14.3 Å². The topological polar surface area (TPSA) is 35.5 Å². The molecule has 0 bridgehead atoms. The highest BCUT2D eigenvalue weighted by atomic mass is 16.7. The van der Waals surface area contributed by atoms with Gasteiger partial charge in [-0.1, -0.05) is 49.1 Å². The molecule has 1 unspecified atom stereocenters. The van der Waals surface area contributed by atoms with Crippen molar-refractivity contribution in [2.45, 2.75) is 51.2 Å². The molecule has 116 valence electrons. The van der Waals surface area contributed by atoms with E-state index in [-0.39, 0.29) is 11.4 Å². The number of ether oxygens (including phenoxy) is 2. The Bertz CT molecular complexity index is 623. The molecule has 1 aromatic rings. The molecule has 2 aliphatic heterocycles. The minimum absolute atomic E-state index is 0.220. The van der Waals surface area contributed by atoms with Crippen LogP contribution < -0.4 is 0 Å². The molecule has 3 nitrogen and oxygen atoms in total. The largest absolute Gasteiger partial charge is 0.426 e. The summed E-state index contributed by atoms with van der Waals surface area (Å²) in [4.78, 5) is 12.3. The smallest absolute Gasteiger partial charge is 0.341 e. The molecular formula is C19H22O3. The van der Waals surface area contributed by atoms with Crippen LogP contribution in [-0.2, 0) is 14.3 Å². The van der Waals surface area contributed by atoms with Crippen LogP contribution in [0.1, 0.15) is 49.7 Å². The third-order valence-corrected chi connectivity index (χ3v) is 5.37. The summed E-state index contributed by atoms with van der Waals surface area (Å²) in [6.45, 7) is 2.76. The predicted octanol–water partition coefficient (Wildman–Crippen LogP) is 4.00. The molecule has 1 saturated heterocycles. The molecule has 22 heavy (non-hydrogen) atoms. The van der Waals surface area contributed by atoms with Gasteiger partial charge in [-0.05, 0) is 25.3 Å². The molecular weight excluding hydrogens is 276 g/mol. The SMILES string of the molecule is Cc1ccc(C2=CC3(CC4(CCCCC4)CO3)OC2=O)cc1. The predicted molar refractivity (Wildman–Crippen MR) is 84.1 cm³/mol. The van der Waals surface area contributed by atoms with Gasteiger partial charge in [0.1, 0.15) is 0 Å². The summed E-state index contributed by atoms with van der Waals surface area (Å²) in [6, 6.07) is 8.00. The van der Waals surface area contributed by atoms with Crippen molar-refractivity contribution in [3.05, 3.63) is 41.5 Å². The van der Waals surface area contributed by atoms with Crippen molar-refractivity contribution in [2.75, 3.05) is 6.61 Å². The molecule has 2 fully saturated rings. The van der Waals surface area contributed by atoms with Gasteiger partial charge in [0.15, 0.2) is 0 Å². The number of hydrogen-bond acceptors (Lipinski definition) is 3. The maximum Gasteiger partial charge on any atom is 0.341 e. The summed E-state index contributed by atoms with van der Waals surface area (Å²) in [5.74, 6) is -1.06. The summed E-state index contributed by atoms with van der Waals surface area (Å²) in [5.41, 5.74) is 2.97. The number of carbonyl (C=O) groups excluding carboxylic acids is 1. The highest BCUT2D eigenvalue weighted by Crippen LogP contribution is 2.52. The van der Waals surface area contributed by atoms with Crippen LogP contribution in [0, 0.1) is 12.3 Å². The average molecular weight is 298 g/mol. The molecule has 0 N–H and O–H groups in total. The van der Waals surface area contributed by atoms with Gasteiger partial charge in [0, 0.05) is 17.9 Å². The van der Waals surface area contributed by atoms with Crippen molar-refractivity contribution in [1.29, 1.82) is 0 Å². The Kier molecular flexibility index (Phi) is 3.15. The van der Waals surface area contributed by atoms with Gasteiger partial charge in [0.05, 0.1) is 12.2 Å². The third-order valence-electron chi connectivity index (χ3n) is 5.37. The van der Waals surface area contributed by atoms with Crippen LogP contribution in [0.2, 0.25) is 0 Å². The Morgan fingerprint density at radius 1 is 1.05 bits per heavy atom. The maximum atomic E-state index is 12.3. The minimum Gasteiger partial charge on any atom is -0.426 e. The number of rotatable bonds is 1. The van der Waals surface area contributed by atoms with Crippen molar-refractivity contribution in [1.82, 2.24) is 0 Å². The maximum absolute atomic E-state index is 12.3. The second kappa shape index (κ2) is 4.95. The van der Waals surface area contributed by atoms with E-state index in [1.54, 1.807) is 0 Å². The van der Waals surface area contributed by atoms with Crippen LogP contribution in [0.5, 0.6) is 0 Å². The first-order chi connectivity index (χ1) is 10.6. The molecule has 3 heteroatoms. The monoisotopic (exact) mass is 298 g/mol. The molecule has 0 radical (unpaired) electrons. The number of aryl methyl sites for hydroxylation is 1. The first-order valence-corrected chi connectivity index (χ1v) is 8.27. The van der Waals surface area contributed by atoms with E-state index < -0.39 is 5.79 Å². The minimum atomic E-state index is -0.811. The molecule has 0 amide bonds. The number of benzene rings is 1. The Balaban J connectivity index is 1.62. The van der Waals surface area contributed by atoms with Crippen LogP contribution in [-0.4, -0.2) is 18.4 Å². The van der Waals surface area contributed by atoms with Crippen LogP contribution in [0.3, 0.4) is 0 Å². The lowest BCUT2D eigenvalue weighted by atomic mass is 9.72. The van der Waals surface area contributed by atoms with E-state index in [2.05, 4.69) is 0 Å². The van der Waals surface area contributed by atoms with E-state index in [1.807, 2.05) is 37.3 Å². The second-order valence-electron chi connectivity index (χ2n) is 7.15. The van der Waals surface area contributed by atoms with Crippen molar-refractivity contribution in [3.63, 3.8) is 0 Å². The zero-order valence-corrected chi connectivity index (χ0v) is 13.1.